The molecular formula is C8H12BrN. The molecule has 2 aliphatic rings. The third-order valence-electron chi connectivity index (χ3n) is 1.73. The van der Waals surface area contributed by atoms with E-state index in [0.29, 0.717) is 0 Å². The first-order valence-electron chi connectivity index (χ1n) is 3.03. The van der Waals surface area contributed by atoms with E-state index < -0.39 is 0 Å². The van der Waals surface area contributed by atoms with Crippen molar-refractivity contribution in [2.24, 2.45) is 0 Å². The number of aryl methyl sites for hydroxylation is 2. The Labute approximate surface area is 71.8 Å². The molecule has 0 fully saturated rings. The normalized spacial score (nSPS) is 11.6. The van der Waals surface area contributed by atoms with Crippen molar-refractivity contribution in [3.63, 3.8) is 0 Å². The molecule has 0 atom stereocenters. The number of halogens is 1. The van der Waals surface area contributed by atoms with Crippen LogP contribution in [0.5, 0.6) is 0 Å². The highest BCUT2D eigenvalue weighted by molar-refractivity contribution is 8.93. The maximum atomic E-state index is 2.21. The lowest BCUT2D eigenvalue weighted by molar-refractivity contribution is 0.921. The number of rotatable bonds is 0. The number of fused-ring (bicyclic) bond motifs is 3. The molecule has 3 N–H and O–H groups in total. The molecule has 0 radical (unpaired) electrons. The quantitative estimate of drug-likeness (QED) is 0.689. The molecule has 0 spiro atoms. The van der Waals surface area contributed by atoms with Crippen molar-refractivity contribution >= 4 is 17.0 Å². The predicted octanol–water partition coefficient (Wildman–Crippen LogP) is 2.53. The topological polar surface area (TPSA) is 35.0 Å². The average molecular weight is 202 g/mol. The largest absolute Gasteiger partial charge is 0.344 e. The van der Waals surface area contributed by atoms with E-state index in [-0.39, 0.29) is 23.1 Å². The number of benzene rings is 1. The van der Waals surface area contributed by atoms with Gasteiger partial charge in [0.05, 0.1) is 0 Å². The Kier molecular flexibility index (Phi) is 3.61. The van der Waals surface area contributed by atoms with Crippen molar-refractivity contribution in [1.29, 1.82) is 0 Å². The average Bonchev–Trinajstić information content (AvgIpc) is 1.92. The van der Waals surface area contributed by atoms with E-state index in [1.807, 2.05) is 0 Å². The van der Waals surface area contributed by atoms with E-state index in [9.17, 15) is 0 Å². The van der Waals surface area contributed by atoms with Gasteiger partial charge in [-0.3, -0.25) is 0 Å². The van der Waals surface area contributed by atoms with Crippen molar-refractivity contribution < 1.29 is 0 Å². The summed E-state index contributed by atoms with van der Waals surface area (Å²) < 4.78 is 0. The molecule has 2 bridgehead atoms. The second-order valence-corrected chi connectivity index (χ2v) is 2.32. The van der Waals surface area contributed by atoms with Gasteiger partial charge in [0.1, 0.15) is 0 Å². The first kappa shape index (κ1) is 9.66. The molecule has 3 rings (SSSR count). The summed E-state index contributed by atoms with van der Waals surface area (Å²) in [7, 11) is 0. The van der Waals surface area contributed by atoms with Crippen LogP contribution in [-0.2, 0) is 12.8 Å². The molecule has 0 saturated carbocycles. The highest BCUT2D eigenvalue weighted by Crippen LogP contribution is 2.14. The van der Waals surface area contributed by atoms with Crippen molar-refractivity contribution in [3.05, 3.63) is 35.4 Å². The SMILES string of the molecule is Br.N.c1cc2ccc1CC2. The second kappa shape index (κ2) is 3.74. The van der Waals surface area contributed by atoms with E-state index in [1.54, 1.807) is 0 Å². The van der Waals surface area contributed by atoms with Gasteiger partial charge in [-0.25, -0.2) is 0 Å². The lowest BCUT2D eigenvalue weighted by Gasteiger charge is -2.09. The Morgan fingerprint density at radius 2 is 1.10 bits per heavy atom. The molecule has 1 aromatic rings. The molecule has 56 valence electrons. The third kappa shape index (κ3) is 1.58. The molecule has 10 heavy (non-hydrogen) atoms. The summed E-state index contributed by atoms with van der Waals surface area (Å²) in [4.78, 5) is 0. The summed E-state index contributed by atoms with van der Waals surface area (Å²) in [6.07, 6.45) is 2.53. The lowest BCUT2D eigenvalue weighted by atomic mass is 9.97. The van der Waals surface area contributed by atoms with Crippen LogP contribution in [0.2, 0.25) is 0 Å². The zero-order chi connectivity index (χ0) is 5.40. The number of hydrogen-bond acceptors (Lipinski definition) is 1. The van der Waals surface area contributed by atoms with Gasteiger partial charge in [0.15, 0.2) is 0 Å². The minimum Gasteiger partial charge on any atom is -0.344 e. The van der Waals surface area contributed by atoms with Gasteiger partial charge in [0, 0.05) is 0 Å². The van der Waals surface area contributed by atoms with Crippen molar-refractivity contribution in [2.75, 3.05) is 0 Å². The Balaban J connectivity index is 0.000000405. The highest BCUT2D eigenvalue weighted by Gasteiger charge is 2.01. The van der Waals surface area contributed by atoms with Crippen molar-refractivity contribution in [3.8, 4) is 0 Å². The van der Waals surface area contributed by atoms with E-state index in [4.69, 9.17) is 0 Å². The summed E-state index contributed by atoms with van der Waals surface area (Å²) in [5, 5.41) is 0. The second-order valence-electron chi connectivity index (χ2n) is 2.32. The van der Waals surface area contributed by atoms with Crippen LogP contribution in [0.4, 0.5) is 0 Å². The summed E-state index contributed by atoms with van der Waals surface area (Å²) in [5.41, 5.74) is 2.97. The lowest BCUT2D eigenvalue weighted by Crippen LogP contribution is -1.97. The van der Waals surface area contributed by atoms with Gasteiger partial charge in [-0.2, -0.15) is 0 Å². The number of hydrogen-bond donors (Lipinski definition) is 1. The summed E-state index contributed by atoms with van der Waals surface area (Å²) in [5.74, 6) is 0. The maximum absolute atomic E-state index is 2.21. The fraction of sp³-hybridized carbons (Fsp3) is 0.250. The monoisotopic (exact) mass is 201 g/mol. The molecule has 0 aromatic heterocycles. The van der Waals surface area contributed by atoms with Crippen LogP contribution in [0.15, 0.2) is 24.3 Å². The van der Waals surface area contributed by atoms with Gasteiger partial charge in [0.2, 0.25) is 0 Å². The van der Waals surface area contributed by atoms with E-state index >= 15 is 0 Å². The minimum absolute atomic E-state index is 0. The molecule has 0 aliphatic heterocycles. The van der Waals surface area contributed by atoms with Gasteiger partial charge < -0.3 is 6.15 Å². The smallest absolute Gasteiger partial charge is 0.0238 e. The zero-order valence-electron chi connectivity index (χ0n) is 5.84. The van der Waals surface area contributed by atoms with Crippen LogP contribution in [-0.4, -0.2) is 0 Å². The minimum atomic E-state index is 0. The van der Waals surface area contributed by atoms with E-state index in [1.165, 1.54) is 24.0 Å². The van der Waals surface area contributed by atoms with Crippen molar-refractivity contribution in [1.82, 2.24) is 6.15 Å². The summed E-state index contributed by atoms with van der Waals surface area (Å²) in [6, 6.07) is 8.83. The van der Waals surface area contributed by atoms with Crippen LogP contribution in [0, 0.1) is 0 Å². The van der Waals surface area contributed by atoms with Gasteiger partial charge in [0.25, 0.3) is 0 Å². The van der Waals surface area contributed by atoms with Gasteiger partial charge >= 0.3 is 0 Å². The Hall–Kier alpha value is -0.340. The predicted molar refractivity (Wildman–Crippen MR) is 49.2 cm³/mol. The fourth-order valence-corrected chi connectivity index (χ4v) is 1.16. The first-order chi connectivity index (χ1) is 3.95. The first-order valence-corrected chi connectivity index (χ1v) is 3.03. The van der Waals surface area contributed by atoms with Crippen LogP contribution in [0.1, 0.15) is 11.1 Å². The van der Waals surface area contributed by atoms with Gasteiger partial charge in [-0.15, -0.1) is 17.0 Å². The Bertz CT molecular complexity index is 170. The molecule has 1 nitrogen and oxygen atoms in total. The van der Waals surface area contributed by atoms with Crippen LogP contribution in [0.3, 0.4) is 0 Å². The van der Waals surface area contributed by atoms with Gasteiger partial charge in [-0.1, -0.05) is 24.3 Å². The molecule has 2 aliphatic carbocycles. The maximum Gasteiger partial charge on any atom is -0.0238 e. The fourth-order valence-electron chi connectivity index (χ4n) is 1.16. The summed E-state index contributed by atoms with van der Waals surface area (Å²) >= 11 is 0. The third-order valence-corrected chi connectivity index (χ3v) is 1.73. The Morgan fingerprint density at radius 3 is 1.20 bits per heavy atom. The molecule has 2 heteroatoms. The van der Waals surface area contributed by atoms with Crippen LogP contribution >= 0.6 is 17.0 Å². The van der Waals surface area contributed by atoms with Crippen LogP contribution in [0.25, 0.3) is 0 Å². The van der Waals surface area contributed by atoms with E-state index in [0.717, 1.165) is 0 Å². The molecule has 0 saturated heterocycles. The molecule has 0 amide bonds. The molecular weight excluding hydrogens is 190 g/mol. The molecule has 0 unspecified atom stereocenters. The van der Waals surface area contributed by atoms with Crippen LogP contribution < -0.4 is 6.15 Å². The van der Waals surface area contributed by atoms with E-state index in [2.05, 4.69) is 24.3 Å². The Morgan fingerprint density at radius 1 is 0.800 bits per heavy atom. The van der Waals surface area contributed by atoms with Gasteiger partial charge in [-0.05, 0) is 24.0 Å². The summed E-state index contributed by atoms with van der Waals surface area (Å²) in [6.45, 7) is 0. The highest BCUT2D eigenvalue weighted by atomic mass is 79.9. The molecule has 0 heterocycles. The zero-order valence-corrected chi connectivity index (χ0v) is 7.55. The molecule has 1 aromatic carbocycles. The standard InChI is InChI=1S/C8H8.BrH.H3N/c1-2-8-5-3-7(1)4-6-8;;/h1-3,5H,4,6H2;1H;1H3. The van der Waals surface area contributed by atoms with Crippen molar-refractivity contribution in [2.45, 2.75) is 12.8 Å².